The molecule has 0 amide bonds. The normalized spacial score (nSPS) is 13.3. The first-order valence-corrected chi connectivity index (χ1v) is 14.7. The average Bonchev–Trinajstić information content (AvgIpc) is 3.17. The van der Waals surface area contributed by atoms with E-state index in [1.165, 1.54) is 76.4 Å². The van der Waals surface area contributed by atoms with Gasteiger partial charge in [0.2, 0.25) is 0 Å². The Balaban J connectivity index is 1.71. The minimum Gasteiger partial charge on any atom is -0.308 e. The molecule has 40 heavy (non-hydrogen) atoms. The summed E-state index contributed by atoms with van der Waals surface area (Å²) >= 11 is 0. The number of hydrogen-bond donors (Lipinski definition) is 0. The number of nitrogens with zero attached hydrogens (tertiary/aromatic N) is 2. The molecular weight excluding hydrogens is 482 g/mol. The number of aromatic nitrogens is 2. The second kappa shape index (κ2) is 8.26. The summed E-state index contributed by atoms with van der Waals surface area (Å²) in [6.07, 6.45) is 2.11. The summed E-state index contributed by atoms with van der Waals surface area (Å²) in [6, 6.07) is 21.3. The van der Waals surface area contributed by atoms with Gasteiger partial charge in [-0.15, -0.1) is 0 Å². The molecule has 4 heteroatoms. The summed E-state index contributed by atoms with van der Waals surface area (Å²) in [5.74, 6) is 0. The van der Waals surface area contributed by atoms with Gasteiger partial charge in [-0.2, -0.15) is 0 Å². The van der Waals surface area contributed by atoms with E-state index in [1.807, 2.05) is 0 Å². The summed E-state index contributed by atoms with van der Waals surface area (Å²) in [6.45, 7) is 16.2. The molecule has 0 aliphatic carbocycles. The second-order valence-electron chi connectivity index (χ2n) is 14.7. The van der Waals surface area contributed by atoms with E-state index >= 15 is 0 Å². The van der Waals surface area contributed by atoms with Crippen LogP contribution in [-0.2, 0) is 12.8 Å². The van der Waals surface area contributed by atoms with Crippen LogP contribution in [0.5, 0.6) is 0 Å². The molecule has 0 unspecified atom stereocenters. The van der Waals surface area contributed by atoms with Crippen molar-refractivity contribution in [2.24, 2.45) is 10.8 Å². The van der Waals surface area contributed by atoms with Crippen LogP contribution in [0, 0.1) is 17.8 Å². The van der Waals surface area contributed by atoms with Crippen LogP contribution in [0.1, 0.15) is 58.2 Å². The lowest BCUT2D eigenvalue weighted by atomic mass is 9.80. The molecule has 2 nitrogen and oxygen atoms in total. The van der Waals surface area contributed by atoms with Crippen LogP contribution in [-0.4, -0.2) is 25.1 Å². The van der Waals surface area contributed by atoms with Crippen LogP contribution in [0.2, 0.25) is 0 Å². The highest BCUT2D eigenvalue weighted by atomic mass is 14.9. The summed E-state index contributed by atoms with van der Waals surface area (Å²) in [7, 11) is 4.38. The Morgan fingerprint density at radius 3 is 1.95 bits per heavy atom. The highest BCUT2D eigenvalue weighted by Crippen LogP contribution is 2.43. The first-order valence-electron chi connectivity index (χ1n) is 14.7. The van der Waals surface area contributed by atoms with E-state index in [2.05, 4.69) is 123 Å². The average molecular weight is 520 g/mol. The number of hydrogen-bond acceptors (Lipinski definition) is 1. The Morgan fingerprint density at radius 2 is 1.27 bits per heavy atom. The van der Waals surface area contributed by atoms with Gasteiger partial charge in [0.15, 0.2) is 7.85 Å². The number of aryl methyl sites for hydroxylation is 1. The Labute approximate surface area is 238 Å². The number of fused-ring (bicyclic) bond motifs is 7. The van der Waals surface area contributed by atoms with Crippen LogP contribution in [0.25, 0.3) is 59.8 Å². The van der Waals surface area contributed by atoms with Gasteiger partial charge < -0.3 is 4.40 Å². The molecule has 3 aromatic heterocycles. The maximum Gasteiger partial charge on any atom is 0.163 e. The maximum absolute atomic E-state index is 5.31. The lowest BCUT2D eigenvalue weighted by molar-refractivity contribution is 0.411. The van der Waals surface area contributed by atoms with Crippen molar-refractivity contribution >= 4 is 86.5 Å². The SMILES string of the molecule is Bc1nc2c3cc4cc(CC(C)(C)C)ccc4c(C)c3n3c4cc(CC(C)(C)C)ccc4c4ccc(c1B)c2c43. The van der Waals surface area contributed by atoms with E-state index in [4.69, 9.17) is 4.98 Å². The third-order valence-corrected chi connectivity index (χ3v) is 8.84. The predicted molar refractivity (Wildman–Crippen MR) is 181 cm³/mol. The highest BCUT2D eigenvalue weighted by molar-refractivity contribution is 6.53. The van der Waals surface area contributed by atoms with E-state index in [9.17, 15) is 0 Å². The lowest BCUT2D eigenvalue weighted by Gasteiger charge is -2.20. The summed E-state index contributed by atoms with van der Waals surface area (Å²) in [5, 5.41) is 9.16. The van der Waals surface area contributed by atoms with Crippen LogP contribution in [0.3, 0.4) is 0 Å². The maximum atomic E-state index is 5.31. The Bertz CT molecular complexity index is 2150. The number of rotatable bonds is 2. The van der Waals surface area contributed by atoms with Gasteiger partial charge in [0.25, 0.3) is 0 Å². The molecule has 0 aliphatic rings. The fraction of sp³-hybridized carbons (Fsp3) is 0.306. The lowest BCUT2D eigenvalue weighted by Crippen LogP contribution is -2.29. The van der Waals surface area contributed by atoms with E-state index in [0.717, 1.165) is 24.0 Å². The first kappa shape index (κ1) is 25.4. The molecule has 0 radical (unpaired) electrons. The van der Waals surface area contributed by atoms with Crippen molar-refractivity contribution in [3.8, 4) is 0 Å². The third kappa shape index (κ3) is 3.75. The van der Waals surface area contributed by atoms with Crippen molar-refractivity contribution in [2.75, 3.05) is 0 Å². The molecule has 0 bridgehead atoms. The first-order chi connectivity index (χ1) is 18.8. The van der Waals surface area contributed by atoms with Crippen molar-refractivity contribution in [3.63, 3.8) is 0 Å². The van der Waals surface area contributed by atoms with Gasteiger partial charge in [-0.05, 0) is 81.2 Å². The molecule has 7 rings (SSSR count). The highest BCUT2D eigenvalue weighted by Gasteiger charge is 2.23. The summed E-state index contributed by atoms with van der Waals surface area (Å²) in [5.41, 5.74) is 12.0. The Hall–Kier alpha value is -3.52. The van der Waals surface area contributed by atoms with Gasteiger partial charge in [-0.3, -0.25) is 4.98 Å². The molecular formula is C36H38B2N2. The predicted octanol–water partition coefficient (Wildman–Crippen LogP) is 6.54. The molecule has 3 heterocycles. The minimum absolute atomic E-state index is 0.231. The van der Waals surface area contributed by atoms with Crippen LogP contribution < -0.4 is 11.1 Å². The standard InChI is InChI=1S/C36H38B2N2/c1-19-23-10-8-20(17-35(2,3)4)14-22(23)16-27-31-29-26(30(37)34(38)39-31)13-12-25-24-11-9-21(18-36(5,6)7)15-28(24)40(32(19)27)33(25)29/h8-16H,17-18,37-38H2,1-7H3. The monoisotopic (exact) mass is 520 g/mol. The van der Waals surface area contributed by atoms with Crippen LogP contribution in [0.4, 0.5) is 0 Å². The molecule has 0 N–H and O–H groups in total. The van der Waals surface area contributed by atoms with Gasteiger partial charge in [-0.1, -0.05) is 89.5 Å². The quantitative estimate of drug-likeness (QED) is 0.144. The summed E-state index contributed by atoms with van der Waals surface area (Å²) < 4.78 is 2.58. The van der Waals surface area contributed by atoms with E-state index < -0.39 is 0 Å². The Kier molecular flexibility index (Phi) is 5.25. The van der Waals surface area contributed by atoms with Gasteiger partial charge >= 0.3 is 0 Å². The zero-order valence-corrected chi connectivity index (χ0v) is 25.5. The van der Waals surface area contributed by atoms with Crippen LogP contribution in [0.15, 0.2) is 54.6 Å². The minimum atomic E-state index is 0.231. The molecule has 0 atom stereocenters. The zero-order chi connectivity index (χ0) is 28.3. The van der Waals surface area contributed by atoms with Crippen molar-refractivity contribution in [1.82, 2.24) is 9.38 Å². The zero-order valence-electron chi connectivity index (χ0n) is 25.5. The van der Waals surface area contributed by atoms with Gasteiger partial charge in [0.1, 0.15) is 7.85 Å². The molecule has 7 aromatic rings. The topological polar surface area (TPSA) is 17.3 Å². The van der Waals surface area contributed by atoms with Crippen molar-refractivity contribution < 1.29 is 0 Å². The molecule has 0 saturated carbocycles. The molecule has 0 aliphatic heterocycles. The van der Waals surface area contributed by atoms with E-state index in [1.54, 1.807) is 0 Å². The molecule has 0 fully saturated rings. The van der Waals surface area contributed by atoms with E-state index in [0.29, 0.717) is 0 Å². The van der Waals surface area contributed by atoms with Crippen LogP contribution >= 0.6 is 0 Å². The Morgan fingerprint density at radius 1 is 0.675 bits per heavy atom. The van der Waals surface area contributed by atoms with Crippen molar-refractivity contribution in [2.45, 2.75) is 61.3 Å². The summed E-state index contributed by atoms with van der Waals surface area (Å²) in [4.78, 5) is 5.31. The number of pyridine rings is 2. The largest absolute Gasteiger partial charge is 0.308 e. The molecule has 0 saturated heterocycles. The molecule has 4 aromatic carbocycles. The van der Waals surface area contributed by atoms with Crippen molar-refractivity contribution in [1.29, 1.82) is 0 Å². The fourth-order valence-corrected chi connectivity index (χ4v) is 7.17. The fourth-order valence-electron chi connectivity index (χ4n) is 7.17. The van der Waals surface area contributed by atoms with Gasteiger partial charge in [0, 0.05) is 21.5 Å². The second-order valence-corrected chi connectivity index (χ2v) is 14.7. The number of benzene rings is 4. The molecule has 0 spiro atoms. The van der Waals surface area contributed by atoms with Gasteiger partial charge in [-0.25, -0.2) is 0 Å². The smallest absolute Gasteiger partial charge is 0.163 e. The van der Waals surface area contributed by atoms with E-state index in [-0.39, 0.29) is 10.8 Å². The molecule has 198 valence electrons. The van der Waals surface area contributed by atoms with Gasteiger partial charge in [0.05, 0.1) is 22.1 Å². The third-order valence-electron chi connectivity index (χ3n) is 8.84. The van der Waals surface area contributed by atoms with Crippen molar-refractivity contribution in [3.05, 3.63) is 71.3 Å².